The number of anilines is 2. The van der Waals surface area contributed by atoms with Crippen molar-refractivity contribution < 1.29 is 13.2 Å². The van der Waals surface area contributed by atoms with Crippen molar-refractivity contribution in [1.82, 2.24) is 14.8 Å². The fraction of sp³-hybridized carbons (Fsp3) is 0.667. The summed E-state index contributed by atoms with van der Waals surface area (Å²) < 4.78 is 34.8. The molecule has 0 unspecified atom stereocenters. The van der Waals surface area contributed by atoms with Gasteiger partial charge in [0.2, 0.25) is 0 Å². The first-order valence-corrected chi connectivity index (χ1v) is 14.4. The number of hydrogen-bond acceptors (Lipinski definition) is 4. The van der Waals surface area contributed by atoms with Gasteiger partial charge in [0.25, 0.3) is 6.43 Å². The molecule has 2 aromatic rings. The van der Waals surface area contributed by atoms with Gasteiger partial charge < -0.3 is 9.74 Å². The topological polar surface area (TPSA) is 52.0 Å². The molecule has 1 fully saturated rings. The largest absolute Gasteiger partial charge is 0.414 e. The first-order valence-electron chi connectivity index (χ1n) is 11.5. The van der Waals surface area contributed by atoms with E-state index in [9.17, 15) is 8.78 Å². The summed E-state index contributed by atoms with van der Waals surface area (Å²) in [6.45, 7) is 17.7. The van der Waals surface area contributed by atoms with Crippen LogP contribution in [-0.4, -0.2) is 29.2 Å². The highest BCUT2D eigenvalue weighted by Crippen LogP contribution is 2.43. The van der Waals surface area contributed by atoms with Gasteiger partial charge in [0, 0.05) is 30.0 Å². The van der Waals surface area contributed by atoms with Crippen molar-refractivity contribution in [2.45, 2.75) is 103 Å². The summed E-state index contributed by atoms with van der Waals surface area (Å²) in [6, 6.07) is 5.15. The molecule has 0 amide bonds. The van der Waals surface area contributed by atoms with E-state index in [1.54, 1.807) is 6.07 Å². The Labute approximate surface area is 192 Å². The summed E-state index contributed by atoms with van der Waals surface area (Å²) in [5, 5.41) is 8.43. The van der Waals surface area contributed by atoms with E-state index in [1.165, 1.54) is 12.3 Å². The smallest absolute Gasteiger partial charge is 0.280 e. The van der Waals surface area contributed by atoms with Gasteiger partial charge in [-0.1, -0.05) is 20.8 Å². The number of rotatable bonds is 6. The standard InChI is InChI=1S/C24H38F2N4OSi/c1-23(2,3)30-21(28-17-11-12-27-20(14-17)22(25)26)15-19(29-30)16-9-10-18(13-16)31-32(7,8)24(4,5)6/h11-12,14-16,18,22H,9-10,13H2,1-8H3,(H,27,28)/t16-,18+/m0/s1. The fourth-order valence-electron chi connectivity index (χ4n) is 3.90. The van der Waals surface area contributed by atoms with Crippen molar-refractivity contribution in [1.29, 1.82) is 0 Å². The minimum atomic E-state index is -2.60. The first-order chi connectivity index (χ1) is 14.7. The van der Waals surface area contributed by atoms with E-state index in [0.29, 0.717) is 11.6 Å². The van der Waals surface area contributed by atoms with E-state index in [-0.39, 0.29) is 22.4 Å². The van der Waals surface area contributed by atoms with Crippen LogP contribution in [-0.2, 0) is 9.96 Å². The van der Waals surface area contributed by atoms with Gasteiger partial charge in [-0.15, -0.1) is 0 Å². The van der Waals surface area contributed by atoms with Gasteiger partial charge in [-0.25, -0.2) is 13.5 Å². The summed E-state index contributed by atoms with van der Waals surface area (Å²) in [7, 11) is -1.81. The van der Waals surface area contributed by atoms with Crippen LogP contribution in [0.25, 0.3) is 0 Å². The van der Waals surface area contributed by atoms with Crippen LogP contribution in [0.5, 0.6) is 0 Å². The molecule has 0 aromatic carbocycles. The predicted molar refractivity (Wildman–Crippen MR) is 128 cm³/mol. The molecule has 0 aliphatic heterocycles. The van der Waals surface area contributed by atoms with Crippen LogP contribution in [0, 0.1) is 0 Å². The highest BCUT2D eigenvalue weighted by Gasteiger charge is 2.41. The number of alkyl halides is 2. The van der Waals surface area contributed by atoms with Crippen molar-refractivity contribution in [3.63, 3.8) is 0 Å². The lowest BCUT2D eigenvalue weighted by Gasteiger charge is -2.38. The van der Waals surface area contributed by atoms with E-state index in [4.69, 9.17) is 9.52 Å². The molecule has 0 spiro atoms. The van der Waals surface area contributed by atoms with Gasteiger partial charge in [0.05, 0.1) is 11.2 Å². The van der Waals surface area contributed by atoms with Gasteiger partial charge in [-0.2, -0.15) is 5.10 Å². The Morgan fingerprint density at radius 3 is 2.41 bits per heavy atom. The van der Waals surface area contributed by atoms with E-state index in [0.717, 1.165) is 30.8 Å². The van der Waals surface area contributed by atoms with Crippen LogP contribution < -0.4 is 5.32 Å². The molecule has 1 N–H and O–H groups in total. The summed E-state index contributed by atoms with van der Waals surface area (Å²) in [4.78, 5) is 3.75. The fourth-order valence-corrected chi connectivity index (χ4v) is 5.30. The van der Waals surface area contributed by atoms with Gasteiger partial charge in [-0.05, 0) is 70.3 Å². The molecule has 2 atom stereocenters. The lowest BCUT2D eigenvalue weighted by atomic mass is 10.0. The van der Waals surface area contributed by atoms with Crippen LogP contribution in [0.15, 0.2) is 24.4 Å². The van der Waals surface area contributed by atoms with E-state index < -0.39 is 14.7 Å². The lowest BCUT2D eigenvalue weighted by molar-refractivity contribution is 0.146. The molecule has 32 heavy (non-hydrogen) atoms. The van der Waals surface area contributed by atoms with E-state index in [2.05, 4.69) is 71.0 Å². The Bertz CT molecular complexity index is 931. The zero-order chi connectivity index (χ0) is 23.9. The summed E-state index contributed by atoms with van der Waals surface area (Å²) >= 11 is 0. The summed E-state index contributed by atoms with van der Waals surface area (Å²) in [5.74, 6) is 1.13. The Hall–Kier alpha value is -1.80. The molecule has 0 bridgehead atoms. The SMILES string of the molecule is CC(C)(C)n1nc([C@H]2CC[C@@H](O[Si](C)(C)C(C)(C)C)C2)cc1Nc1ccnc(C(F)F)c1. The molecule has 1 aliphatic rings. The highest BCUT2D eigenvalue weighted by atomic mass is 28.4. The second-order valence-electron chi connectivity index (χ2n) is 11.4. The van der Waals surface area contributed by atoms with Crippen LogP contribution >= 0.6 is 0 Å². The average Bonchev–Trinajstić information content (AvgIpc) is 3.27. The first kappa shape index (κ1) is 24.8. The van der Waals surface area contributed by atoms with E-state index >= 15 is 0 Å². The van der Waals surface area contributed by atoms with Crippen LogP contribution in [0.3, 0.4) is 0 Å². The number of hydrogen-bond donors (Lipinski definition) is 1. The second kappa shape index (κ2) is 8.86. The van der Waals surface area contributed by atoms with Gasteiger partial charge in [0.1, 0.15) is 11.5 Å². The number of nitrogens with one attached hydrogen (secondary N) is 1. The molecule has 0 radical (unpaired) electrons. The zero-order valence-electron chi connectivity index (χ0n) is 20.7. The molecular formula is C24H38F2N4OSi. The molecule has 3 rings (SSSR count). The number of aromatic nitrogens is 3. The zero-order valence-corrected chi connectivity index (χ0v) is 21.7. The normalized spacial score (nSPS) is 20.2. The van der Waals surface area contributed by atoms with Crippen molar-refractivity contribution >= 4 is 19.8 Å². The average molecular weight is 465 g/mol. The van der Waals surface area contributed by atoms with Crippen LogP contribution in [0.4, 0.5) is 20.3 Å². The number of pyridine rings is 1. The van der Waals surface area contributed by atoms with Crippen LogP contribution in [0.1, 0.15) is 84.5 Å². The maximum Gasteiger partial charge on any atom is 0.280 e. The minimum Gasteiger partial charge on any atom is -0.414 e. The van der Waals surface area contributed by atoms with Crippen molar-refractivity contribution in [3.8, 4) is 0 Å². The van der Waals surface area contributed by atoms with Crippen LogP contribution in [0.2, 0.25) is 18.1 Å². The molecule has 5 nitrogen and oxygen atoms in total. The Morgan fingerprint density at radius 2 is 1.81 bits per heavy atom. The van der Waals surface area contributed by atoms with Gasteiger partial charge >= 0.3 is 0 Å². The third kappa shape index (κ3) is 5.57. The maximum absolute atomic E-state index is 13.1. The third-order valence-corrected chi connectivity index (χ3v) is 11.2. The Balaban J connectivity index is 1.81. The molecule has 2 heterocycles. The summed E-state index contributed by atoms with van der Waals surface area (Å²) in [5.41, 5.74) is 1.12. The number of nitrogens with zero attached hydrogens (tertiary/aromatic N) is 3. The minimum absolute atomic E-state index is 0.192. The second-order valence-corrected chi connectivity index (χ2v) is 16.2. The van der Waals surface area contributed by atoms with Crippen molar-refractivity contribution in [2.24, 2.45) is 0 Å². The van der Waals surface area contributed by atoms with Crippen molar-refractivity contribution in [3.05, 3.63) is 35.8 Å². The Morgan fingerprint density at radius 1 is 1.12 bits per heavy atom. The molecule has 2 aromatic heterocycles. The third-order valence-electron chi connectivity index (χ3n) is 6.71. The monoisotopic (exact) mass is 464 g/mol. The summed E-state index contributed by atoms with van der Waals surface area (Å²) in [6.07, 6.45) is 2.14. The quantitative estimate of drug-likeness (QED) is 0.453. The lowest BCUT2D eigenvalue weighted by Crippen LogP contribution is -2.43. The molecule has 0 saturated heterocycles. The number of halogens is 2. The molecule has 1 aliphatic carbocycles. The highest BCUT2D eigenvalue weighted by molar-refractivity contribution is 6.74. The van der Waals surface area contributed by atoms with Crippen molar-refractivity contribution in [2.75, 3.05) is 5.32 Å². The van der Waals surface area contributed by atoms with Gasteiger partial charge in [-0.3, -0.25) is 4.98 Å². The Kier molecular flexibility index (Phi) is 6.87. The molecular weight excluding hydrogens is 426 g/mol. The molecule has 178 valence electrons. The van der Waals surface area contributed by atoms with E-state index in [1.807, 2.05) is 4.68 Å². The molecule has 1 saturated carbocycles. The van der Waals surface area contributed by atoms with Gasteiger partial charge in [0.15, 0.2) is 8.32 Å². The molecule has 8 heteroatoms. The predicted octanol–water partition coefficient (Wildman–Crippen LogP) is 7.37. The maximum atomic E-state index is 13.1.